The molecule has 0 aliphatic rings. The van der Waals surface area contributed by atoms with Crippen molar-refractivity contribution < 1.29 is 9.72 Å². The number of rotatable bonds is 4. The van der Waals surface area contributed by atoms with E-state index in [0.717, 1.165) is 0 Å². The Hall–Kier alpha value is -3.06. The van der Waals surface area contributed by atoms with E-state index in [4.69, 9.17) is 0 Å². The van der Waals surface area contributed by atoms with Crippen LogP contribution in [0.5, 0.6) is 0 Å². The zero-order valence-electron chi connectivity index (χ0n) is 11.8. The monoisotopic (exact) mass is 325 g/mol. The van der Waals surface area contributed by atoms with E-state index < -0.39 is 4.92 Å². The lowest BCUT2D eigenvalue weighted by Crippen LogP contribution is -2.11. The topological polar surface area (TPSA) is 85.1 Å². The molecule has 3 rings (SSSR count). The second-order valence-electron chi connectivity index (χ2n) is 4.67. The lowest BCUT2D eigenvalue weighted by Gasteiger charge is -2.01. The summed E-state index contributed by atoms with van der Waals surface area (Å²) < 4.78 is 0. The summed E-state index contributed by atoms with van der Waals surface area (Å²) in [5.74, 6) is -0.308. The molecule has 1 N–H and O–H groups in total. The Morgan fingerprint density at radius 2 is 1.91 bits per heavy atom. The van der Waals surface area contributed by atoms with Gasteiger partial charge in [0.2, 0.25) is 0 Å². The Labute approximate surface area is 135 Å². The van der Waals surface area contributed by atoms with Crippen LogP contribution in [0, 0.1) is 10.1 Å². The van der Waals surface area contributed by atoms with E-state index in [2.05, 4.69) is 10.3 Å². The number of hydrogen-bond acceptors (Lipinski definition) is 5. The van der Waals surface area contributed by atoms with Crippen LogP contribution < -0.4 is 5.32 Å². The molecule has 1 heterocycles. The predicted molar refractivity (Wildman–Crippen MR) is 88.6 cm³/mol. The molecule has 114 valence electrons. The normalized spacial score (nSPS) is 10.3. The van der Waals surface area contributed by atoms with Crippen molar-refractivity contribution in [2.75, 3.05) is 5.32 Å². The molecule has 1 aromatic heterocycles. The molecule has 0 aliphatic heterocycles. The van der Waals surface area contributed by atoms with Crippen LogP contribution in [0.25, 0.3) is 11.3 Å². The molecular formula is C16H11N3O3S. The lowest BCUT2D eigenvalue weighted by molar-refractivity contribution is -0.384. The van der Waals surface area contributed by atoms with Gasteiger partial charge in [0, 0.05) is 28.8 Å². The van der Waals surface area contributed by atoms with E-state index in [9.17, 15) is 14.9 Å². The largest absolute Gasteiger partial charge is 0.320 e. The second-order valence-corrected chi connectivity index (χ2v) is 5.52. The first-order valence-corrected chi connectivity index (χ1v) is 7.58. The van der Waals surface area contributed by atoms with Gasteiger partial charge in [0.05, 0.1) is 10.6 Å². The van der Waals surface area contributed by atoms with E-state index in [0.29, 0.717) is 22.0 Å². The van der Waals surface area contributed by atoms with Crippen molar-refractivity contribution in [1.82, 2.24) is 4.98 Å². The Morgan fingerprint density at radius 1 is 1.13 bits per heavy atom. The van der Waals surface area contributed by atoms with Gasteiger partial charge in [-0.15, -0.1) is 11.3 Å². The van der Waals surface area contributed by atoms with E-state index in [1.165, 1.54) is 23.5 Å². The highest BCUT2D eigenvalue weighted by Gasteiger charge is 2.14. The summed E-state index contributed by atoms with van der Waals surface area (Å²) in [5.41, 5.74) is 1.82. The number of hydrogen-bond donors (Lipinski definition) is 1. The molecule has 0 unspecified atom stereocenters. The number of nitrogens with zero attached hydrogens (tertiary/aromatic N) is 2. The number of carbonyl (C=O) groups excluding carboxylic acids is 1. The average molecular weight is 325 g/mol. The molecular weight excluding hydrogens is 314 g/mol. The maximum atomic E-state index is 12.2. The van der Waals surface area contributed by atoms with Crippen LogP contribution in [-0.4, -0.2) is 15.8 Å². The zero-order chi connectivity index (χ0) is 16.2. The fourth-order valence-electron chi connectivity index (χ4n) is 2.00. The number of nitrogens with one attached hydrogen (secondary N) is 1. The van der Waals surface area contributed by atoms with Gasteiger partial charge in [0.25, 0.3) is 11.6 Å². The number of nitro groups is 1. The number of benzene rings is 2. The summed E-state index contributed by atoms with van der Waals surface area (Å²) in [6.07, 6.45) is 0. The van der Waals surface area contributed by atoms with Crippen LogP contribution >= 0.6 is 11.3 Å². The molecule has 0 bridgehead atoms. The van der Waals surface area contributed by atoms with E-state index in [1.807, 2.05) is 18.2 Å². The summed E-state index contributed by atoms with van der Waals surface area (Å²) in [7, 11) is 0. The van der Waals surface area contributed by atoms with Crippen molar-refractivity contribution in [1.29, 1.82) is 0 Å². The summed E-state index contributed by atoms with van der Waals surface area (Å²) in [6.45, 7) is 0. The molecule has 3 aromatic rings. The van der Waals surface area contributed by atoms with Gasteiger partial charge in [-0.2, -0.15) is 0 Å². The highest BCUT2D eigenvalue weighted by atomic mass is 32.1. The molecule has 0 aliphatic carbocycles. The Morgan fingerprint density at radius 3 is 2.65 bits per heavy atom. The number of nitro benzene ring substituents is 1. The molecule has 0 saturated carbocycles. The van der Waals surface area contributed by atoms with E-state index in [-0.39, 0.29) is 11.6 Å². The van der Waals surface area contributed by atoms with Crippen molar-refractivity contribution in [3.63, 3.8) is 0 Å². The molecule has 6 nitrogen and oxygen atoms in total. The fraction of sp³-hybridized carbons (Fsp3) is 0. The molecule has 0 atom stereocenters. The van der Waals surface area contributed by atoms with Crippen LogP contribution in [0.3, 0.4) is 0 Å². The zero-order valence-corrected chi connectivity index (χ0v) is 12.6. The van der Waals surface area contributed by atoms with Gasteiger partial charge in [-0.3, -0.25) is 14.9 Å². The van der Waals surface area contributed by atoms with Crippen molar-refractivity contribution in [3.8, 4) is 11.3 Å². The van der Waals surface area contributed by atoms with Gasteiger partial charge in [-0.1, -0.05) is 30.3 Å². The number of aromatic nitrogens is 1. The quantitative estimate of drug-likeness (QED) is 0.581. The molecule has 2 aromatic carbocycles. The Kier molecular flexibility index (Phi) is 4.11. The van der Waals surface area contributed by atoms with Gasteiger partial charge in [-0.05, 0) is 12.1 Å². The van der Waals surface area contributed by atoms with Crippen LogP contribution in [0.2, 0.25) is 0 Å². The summed E-state index contributed by atoms with van der Waals surface area (Å²) in [6, 6.07) is 15.3. The molecule has 7 heteroatoms. The van der Waals surface area contributed by atoms with Crippen LogP contribution in [0.4, 0.5) is 11.4 Å². The molecule has 23 heavy (non-hydrogen) atoms. The number of para-hydroxylation sites is 1. The standard InChI is InChI=1S/C16H11N3O3S/c20-15(17-12-6-2-1-3-7-12)16-18-14(10-23-16)11-5-4-8-13(9-11)19(21)22/h1-10H,(H,17,20). The minimum absolute atomic E-state index is 0.00853. The third kappa shape index (κ3) is 3.41. The summed E-state index contributed by atoms with van der Waals surface area (Å²) in [5, 5.41) is 15.6. The van der Waals surface area contributed by atoms with Gasteiger partial charge >= 0.3 is 0 Å². The van der Waals surface area contributed by atoms with Gasteiger partial charge < -0.3 is 5.32 Å². The third-order valence-electron chi connectivity index (χ3n) is 3.08. The SMILES string of the molecule is O=C(Nc1ccccc1)c1nc(-c2cccc([N+](=O)[O-])c2)cs1. The highest BCUT2D eigenvalue weighted by Crippen LogP contribution is 2.25. The lowest BCUT2D eigenvalue weighted by atomic mass is 10.1. The van der Waals surface area contributed by atoms with Gasteiger partial charge in [0.15, 0.2) is 5.01 Å². The first kappa shape index (κ1) is 14.9. The van der Waals surface area contributed by atoms with E-state index in [1.54, 1.807) is 29.6 Å². The fourth-order valence-corrected chi connectivity index (χ4v) is 2.72. The molecule has 1 amide bonds. The van der Waals surface area contributed by atoms with Gasteiger partial charge in [0.1, 0.15) is 0 Å². The van der Waals surface area contributed by atoms with Crippen LogP contribution in [-0.2, 0) is 0 Å². The maximum Gasteiger partial charge on any atom is 0.284 e. The molecule has 0 saturated heterocycles. The number of anilines is 1. The van der Waals surface area contributed by atoms with Crippen molar-refractivity contribution in [2.24, 2.45) is 0 Å². The smallest absolute Gasteiger partial charge is 0.284 e. The third-order valence-corrected chi connectivity index (χ3v) is 3.92. The number of non-ortho nitro benzene ring substituents is 1. The second kappa shape index (κ2) is 6.37. The van der Waals surface area contributed by atoms with Crippen LogP contribution in [0.1, 0.15) is 9.80 Å². The average Bonchev–Trinajstić information content (AvgIpc) is 3.06. The Bertz CT molecular complexity index is 862. The van der Waals surface area contributed by atoms with Crippen molar-refractivity contribution in [2.45, 2.75) is 0 Å². The first-order valence-electron chi connectivity index (χ1n) is 6.70. The van der Waals surface area contributed by atoms with Crippen molar-refractivity contribution in [3.05, 3.63) is 75.1 Å². The predicted octanol–water partition coefficient (Wildman–Crippen LogP) is 3.97. The summed E-state index contributed by atoms with van der Waals surface area (Å²) in [4.78, 5) is 26.8. The Balaban J connectivity index is 1.81. The van der Waals surface area contributed by atoms with Gasteiger partial charge in [-0.25, -0.2) is 4.98 Å². The van der Waals surface area contributed by atoms with Crippen molar-refractivity contribution >= 4 is 28.6 Å². The minimum Gasteiger partial charge on any atom is -0.320 e. The number of carbonyl (C=O) groups is 1. The van der Waals surface area contributed by atoms with Crippen LogP contribution in [0.15, 0.2) is 60.0 Å². The first-order chi connectivity index (χ1) is 11.1. The summed E-state index contributed by atoms with van der Waals surface area (Å²) >= 11 is 1.19. The molecule has 0 fully saturated rings. The molecule has 0 radical (unpaired) electrons. The molecule has 0 spiro atoms. The van der Waals surface area contributed by atoms with E-state index >= 15 is 0 Å². The minimum atomic E-state index is -0.459. The maximum absolute atomic E-state index is 12.2. The highest BCUT2D eigenvalue weighted by molar-refractivity contribution is 7.12. The number of thiazole rings is 1. The number of amides is 1.